The Labute approximate surface area is 133 Å². The molecule has 0 bridgehead atoms. The Kier molecular flexibility index (Phi) is 3.69. The summed E-state index contributed by atoms with van der Waals surface area (Å²) >= 11 is 9.62. The largest absolute Gasteiger partial charge is 0.367 e. The zero-order valence-corrected chi connectivity index (χ0v) is 13.0. The number of halogens is 3. The summed E-state index contributed by atoms with van der Waals surface area (Å²) in [6.45, 7) is 0. The summed E-state index contributed by atoms with van der Waals surface area (Å²) in [4.78, 5) is 0. The SMILES string of the molecule is Nc1onc(-c2cccc(Br)c2Cl)c1-c1ccccc1F. The lowest BCUT2D eigenvalue weighted by atomic mass is 10.0. The first-order chi connectivity index (χ1) is 10.1. The van der Waals surface area contributed by atoms with Crippen molar-refractivity contribution in [1.29, 1.82) is 0 Å². The van der Waals surface area contributed by atoms with E-state index in [1.165, 1.54) is 6.07 Å². The molecule has 1 heterocycles. The third-order valence-corrected chi connectivity index (χ3v) is 4.36. The minimum atomic E-state index is -0.403. The molecule has 3 nitrogen and oxygen atoms in total. The predicted molar refractivity (Wildman–Crippen MR) is 84.5 cm³/mol. The van der Waals surface area contributed by atoms with Crippen LogP contribution in [0.3, 0.4) is 0 Å². The van der Waals surface area contributed by atoms with Crippen LogP contribution in [0.5, 0.6) is 0 Å². The second-order valence-corrected chi connectivity index (χ2v) is 5.58. The summed E-state index contributed by atoms with van der Waals surface area (Å²) in [7, 11) is 0. The van der Waals surface area contributed by atoms with Crippen LogP contribution in [0, 0.1) is 5.82 Å². The zero-order valence-electron chi connectivity index (χ0n) is 10.6. The Hall–Kier alpha value is -1.85. The van der Waals surface area contributed by atoms with Crippen molar-refractivity contribution in [3.8, 4) is 22.4 Å². The molecule has 0 saturated carbocycles. The number of rotatable bonds is 2. The molecule has 0 amide bonds. The molecule has 0 aliphatic heterocycles. The van der Waals surface area contributed by atoms with Gasteiger partial charge < -0.3 is 10.3 Å². The van der Waals surface area contributed by atoms with Gasteiger partial charge in [-0.15, -0.1) is 0 Å². The van der Waals surface area contributed by atoms with E-state index >= 15 is 0 Å². The molecule has 21 heavy (non-hydrogen) atoms. The van der Waals surface area contributed by atoms with Gasteiger partial charge in [-0.1, -0.05) is 47.1 Å². The van der Waals surface area contributed by atoms with Crippen LogP contribution in [-0.2, 0) is 0 Å². The zero-order chi connectivity index (χ0) is 15.0. The summed E-state index contributed by atoms with van der Waals surface area (Å²) in [5.74, 6) is -0.356. The average Bonchev–Trinajstić information content (AvgIpc) is 2.84. The highest BCUT2D eigenvalue weighted by atomic mass is 79.9. The number of anilines is 1. The summed E-state index contributed by atoms with van der Waals surface area (Å²) in [5, 5.41) is 4.39. The van der Waals surface area contributed by atoms with Crippen LogP contribution >= 0.6 is 27.5 Å². The van der Waals surface area contributed by atoms with Crippen LogP contribution in [0.25, 0.3) is 22.4 Å². The summed E-state index contributed by atoms with van der Waals surface area (Å²) in [6, 6.07) is 11.7. The van der Waals surface area contributed by atoms with Crippen molar-refractivity contribution in [3.63, 3.8) is 0 Å². The maximum atomic E-state index is 14.0. The van der Waals surface area contributed by atoms with Crippen molar-refractivity contribution < 1.29 is 8.91 Å². The van der Waals surface area contributed by atoms with Gasteiger partial charge in [-0.05, 0) is 28.1 Å². The van der Waals surface area contributed by atoms with Gasteiger partial charge in [-0.3, -0.25) is 0 Å². The Morgan fingerprint density at radius 2 is 1.81 bits per heavy atom. The number of nitrogen functional groups attached to an aromatic ring is 1. The van der Waals surface area contributed by atoms with Crippen LogP contribution in [0.15, 0.2) is 51.5 Å². The maximum Gasteiger partial charge on any atom is 0.230 e. The van der Waals surface area contributed by atoms with Crippen molar-refractivity contribution in [2.45, 2.75) is 0 Å². The molecule has 106 valence electrons. The van der Waals surface area contributed by atoms with Crippen LogP contribution in [0.1, 0.15) is 0 Å². The maximum absolute atomic E-state index is 14.0. The number of nitrogens with zero attached hydrogens (tertiary/aromatic N) is 1. The molecular formula is C15H9BrClFN2O. The summed E-state index contributed by atoms with van der Waals surface area (Å²) in [5.41, 5.74) is 7.56. The molecule has 3 rings (SSSR count). The van der Waals surface area contributed by atoms with Crippen molar-refractivity contribution in [1.82, 2.24) is 5.16 Å². The first-order valence-corrected chi connectivity index (χ1v) is 7.21. The normalized spacial score (nSPS) is 10.8. The van der Waals surface area contributed by atoms with E-state index in [0.29, 0.717) is 31.9 Å². The fourth-order valence-corrected chi connectivity index (χ4v) is 2.68. The van der Waals surface area contributed by atoms with Gasteiger partial charge in [0, 0.05) is 15.6 Å². The third-order valence-electron chi connectivity index (χ3n) is 3.07. The Bertz CT molecular complexity index is 819. The minimum Gasteiger partial charge on any atom is -0.367 e. The molecule has 0 aliphatic rings. The lowest BCUT2D eigenvalue weighted by molar-refractivity contribution is 0.439. The van der Waals surface area contributed by atoms with E-state index in [2.05, 4.69) is 21.1 Å². The van der Waals surface area contributed by atoms with E-state index < -0.39 is 5.82 Å². The minimum absolute atomic E-state index is 0.0474. The number of benzene rings is 2. The molecule has 1 aromatic heterocycles. The van der Waals surface area contributed by atoms with Gasteiger partial charge in [-0.2, -0.15) is 0 Å². The quantitative estimate of drug-likeness (QED) is 0.682. The molecule has 2 N–H and O–H groups in total. The van der Waals surface area contributed by atoms with Gasteiger partial charge in [0.25, 0.3) is 0 Å². The van der Waals surface area contributed by atoms with Crippen molar-refractivity contribution >= 4 is 33.4 Å². The predicted octanol–water partition coefficient (Wildman–Crippen LogP) is 5.15. The lowest BCUT2D eigenvalue weighted by Crippen LogP contribution is -1.91. The molecule has 0 unspecified atom stereocenters. The number of hydrogen-bond donors (Lipinski definition) is 1. The van der Waals surface area contributed by atoms with E-state index in [1.807, 2.05) is 0 Å². The van der Waals surface area contributed by atoms with E-state index in [4.69, 9.17) is 21.9 Å². The smallest absolute Gasteiger partial charge is 0.230 e. The van der Waals surface area contributed by atoms with Gasteiger partial charge in [0.05, 0.1) is 10.6 Å². The molecular weight excluding hydrogens is 359 g/mol. The van der Waals surface area contributed by atoms with E-state index in [0.717, 1.165) is 0 Å². The number of hydrogen-bond acceptors (Lipinski definition) is 3. The summed E-state index contributed by atoms with van der Waals surface area (Å²) < 4.78 is 19.8. The molecule has 0 spiro atoms. The second-order valence-electron chi connectivity index (χ2n) is 4.35. The monoisotopic (exact) mass is 366 g/mol. The fourth-order valence-electron chi connectivity index (χ4n) is 2.10. The molecule has 0 aliphatic carbocycles. The Morgan fingerprint density at radius 1 is 1.10 bits per heavy atom. The van der Waals surface area contributed by atoms with Crippen molar-refractivity contribution in [2.24, 2.45) is 0 Å². The average molecular weight is 368 g/mol. The molecule has 0 atom stereocenters. The highest BCUT2D eigenvalue weighted by molar-refractivity contribution is 9.10. The summed E-state index contributed by atoms with van der Waals surface area (Å²) in [6.07, 6.45) is 0. The fraction of sp³-hybridized carbons (Fsp3) is 0. The lowest BCUT2D eigenvalue weighted by Gasteiger charge is -2.06. The van der Waals surface area contributed by atoms with Crippen LogP contribution in [0.2, 0.25) is 5.02 Å². The molecule has 2 aromatic carbocycles. The first-order valence-electron chi connectivity index (χ1n) is 6.04. The van der Waals surface area contributed by atoms with Gasteiger partial charge >= 0.3 is 0 Å². The number of aromatic nitrogens is 1. The number of nitrogens with two attached hydrogens (primary N) is 1. The van der Waals surface area contributed by atoms with Gasteiger partial charge in [0.1, 0.15) is 11.5 Å². The second kappa shape index (κ2) is 5.50. The highest BCUT2D eigenvalue weighted by Crippen LogP contribution is 2.41. The molecule has 0 radical (unpaired) electrons. The topological polar surface area (TPSA) is 52.0 Å². The van der Waals surface area contributed by atoms with Crippen LogP contribution in [0.4, 0.5) is 10.3 Å². The standard InChI is InChI=1S/C15H9BrClFN2O/c16-10-6-3-5-9(13(10)17)14-12(15(19)21-20-14)8-4-1-2-7-11(8)18/h1-7H,19H2. The molecule has 0 saturated heterocycles. The van der Waals surface area contributed by atoms with Gasteiger partial charge in [-0.25, -0.2) is 4.39 Å². The highest BCUT2D eigenvalue weighted by Gasteiger charge is 2.22. The van der Waals surface area contributed by atoms with Gasteiger partial charge in [0.2, 0.25) is 5.88 Å². The molecule has 0 fully saturated rings. The van der Waals surface area contributed by atoms with E-state index in [-0.39, 0.29) is 5.88 Å². The Morgan fingerprint density at radius 3 is 2.57 bits per heavy atom. The van der Waals surface area contributed by atoms with Crippen LogP contribution in [-0.4, -0.2) is 5.16 Å². The van der Waals surface area contributed by atoms with Crippen LogP contribution < -0.4 is 5.73 Å². The molecule has 3 aromatic rings. The third kappa shape index (κ3) is 2.43. The Balaban J connectivity index is 2.28. The van der Waals surface area contributed by atoms with Crippen molar-refractivity contribution in [2.75, 3.05) is 5.73 Å². The van der Waals surface area contributed by atoms with E-state index in [1.54, 1.807) is 36.4 Å². The first kappa shape index (κ1) is 14.1. The van der Waals surface area contributed by atoms with Crippen molar-refractivity contribution in [3.05, 3.63) is 57.8 Å². The van der Waals surface area contributed by atoms with Gasteiger partial charge in [0.15, 0.2) is 0 Å². The molecule has 6 heteroatoms. The van der Waals surface area contributed by atoms with E-state index in [9.17, 15) is 4.39 Å².